The van der Waals surface area contributed by atoms with Crippen LogP contribution in [0.1, 0.15) is 6.92 Å². The monoisotopic (exact) mass is 472 g/mol. The highest BCUT2D eigenvalue weighted by Crippen LogP contribution is 2.15. The van der Waals surface area contributed by atoms with Gasteiger partial charge in [-0.05, 0) is 31.3 Å². The van der Waals surface area contributed by atoms with Crippen LogP contribution in [0.2, 0.25) is 0 Å². The fourth-order valence-electron chi connectivity index (χ4n) is 2.43. The van der Waals surface area contributed by atoms with Gasteiger partial charge in [-0.2, -0.15) is 0 Å². The third kappa shape index (κ3) is 19.4. The summed E-state index contributed by atoms with van der Waals surface area (Å²) in [5.41, 5.74) is 0.738. The highest BCUT2D eigenvalue weighted by Gasteiger charge is 1.98. The summed E-state index contributed by atoms with van der Waals surface area (Å²) in [6, 6.07) is 7.19. The summed E-state index contributed by atoms with van der Waals surface area (Å²) in [5, 5.41) is 5.72. The standard InChI is InChI=1S/C23H40N2O8/c1-21(26)25-22-3-5-23(6-4-22)33-20-19-32-18-17-31-16-15-30-14-13-29-12-11-28-10-9-27-8-7-24-2/h3-6,24H,7-20H2,1-2H3,(H,25,26). The number of hydrogen-bond acceptors (Lipinski definition) is 9. The van der Waals surface area contributed by atoms with Crippen molar-refractivity contribution < 1.29 is 38.0 Å². The van der Waals surface area contributed by atoms with Gasteiger partial charge in [0, 0.05) is 19.2 Å². The number of hydrogen-bond donors (Lipinski definition) is 2. The molecule has 0 aliphatic rings. The average molecular weight is 473 g/mol. The molecule has 1 aromatic carbocycles. The van der Waals surface area contributed by atoms with E-state index in [2.05, 4.69) is 10.6 Å². The molecule has 0 unspecified atom stereocenters. The molecule has 0 aliphatic heterocycles. The lowest BCUT2D eigenvalue weighted by Crippen LogP contribution is -2.17. The van der Waals surface area contributed by atoms with Crippen molar-refractivity contribution in [2.24, 2.45) is 0 Å². The Kier molecular flexibility index (Phi) is 19.5. The molecule has 10 nitrogen and oxygen atoms in total. The molecule has 0 saturated carbocycles. The Labute approximate surface area is 197 Å². The Morgan fingerprint density at radius 1 is 0.636 bits per heavy atom. The summed E-state index contributed by atoms with van der Waals surface area (Å²) in [4.78, 5) is 11.0. The molecule has 0 spiro atoms. The van der Waals surface area contributed by atoms with Crippen LogP contribution in [-0.4, -0.2) is 105 Å². The molecule has 2 N–H and O–H groups in total. The maximum absolute atomic E-state index is 11.0. The lowest BCUT2D eigenvalue weighted by molar-refractivity contribution is -0.114. The van der Waals surface area contributed by atoms with Crippen molar-refractivity contribution in [2.75, 3.05) is 105 Å². The lowest BCUT2D eigenvalue weighted by atomic mass is 10.3. The van der Waals surface area contributed by atoms with E-state index in [0.29, 0.717) is 85.9 Å². The summed E-state index contributed by atoms with van der Waals surface area (Å²) in [6.45, 7) is 9.26. The predicted octanol–water partition coefficient (Wildman–Crippen LogP) is 1.34. The second kappa shape index (κ2) is 22.0. The van der Waals surface area contributed by atoms with E-state index in [4.69, 9.17) is 33.2 Å². The van der Waals surface area contributed by atoms with Crippen LogP contribution in [0.25, 0.3) is 0 Å². The Morgan fingerprint density at radius 2 is 1.03 bits per heavy atom. The van der Waals surface area contributed by atoms with Crippen LogP contribution in [-0.2, 0) is 33.2 Å². The molecule has 0 aromatic heterocycles. The van der Waals surface area contributed by atoms with Gasteiger partial charge in [0.25, 0.3) is 0 Å². The van der Waals surface area contributed by atoms with Crippen molar-refractivity contribution in [3.05, 3.63) is 24.3 Å². The van der Waals surface area contributed by atoms with Crippen molar-refractivity contribution in [1.82, 2.24) is 5.32 Å². The minimum Gasteiger partial charge on any atom is -0.491 e. The molecule has 0 fully saturated rings. The number of nitrogens with one attached hydrogen (secondary N) is 2. The summed E-state index contributed by atoms with van der Waals surface area (Å²) in [7, 11) is 1.89. The number of carbonyl (C=O) groups is 1. The zero-order valence-corrected chi connectivity index (χ0v) is 20.0. The molecule has 33 heavy (non-hydrogen) atoms. The van der Waals surface area contributed by atoms with E-state index in [1.807, 2.05) is 7.05 Å². The second-order valence-electron chi connectivity index (χ2n) is 6.83. The molecule has 0 bridgehead atoms. The van der Waals surface area contributed by atoms with Gasteiger partial charge in [0.1, 0.15) is 12.4 Å². The molecule has 0 aliphatic carbocycles. The van der Waals surface area contributed by atoms with E-state index in [9.17, 15) is 4.79 Å². The van der Waals surface area contributed by atoms with Crippen LogP contribution >= 0.6 is 0 Å². The highest BCUT2D eigenvalue weighted by atomic mass is 16.6. The topological polar surface area (TPSA) is 106 Å². The molecule has 1 aromatic rings. The van der Waals surface area contributed by atoms with Crippen LogP contribution in [0.3, 0.4) is 0 Å². The molecule has 0 heterocycles. The Balaban J connectivity index is 1.75. The Bertz CT molecular complexity index is 574. The van der Waals surface area contributed by atoms with Crippen LogP contribution in [0.4, 0.5) is 5.69 Å². The smallest absolute Gasteiger partial charge is 0.221 e. The maximum atomic E-state index is 11.0. The summed E-state index contributed by atoms with van der Waals surface area (Å²) >= 11 is 0. The van der Waals surface area contributed by atoms with Gasteiger partial charge in [0.15, 0.2) is 0 Å². The first-order valence-electron chi connectivity index (χ1n) is 11.3. The first-order chi connectivity index (χ1) is 16.2. The average Bonchev–Trinajstić information content (AvgIpc) is 2.81. The predicted molar refractivity (Wildman–Crippen MR) is 125 cm³/mol. The van der Waals surface area contributed by atoms with Crippen molar-refractivity contribution >= 4 is 11.6 Å². The molecule has 0 saturated heterocycles. The molecule has 0 radical (unpaired) electrons. The van der Waals surface area contributed by atoms with E-state index in [1.165, 1.54) is 6.92 Å². The summed E-state index contributed by atoms with van der Waals surface area (Å²) in [6.07, 6.45) is 0. The van der Waals surface area contributed by atoms with Gasteiger partial charge in [0.05, 0.1) is 79.3 Å². The van der Waals surface area contributed by atoms with Crippen molar-refractivity contribution in [1.29, 1.82) is 0 Å². The number of likely N-dealkylation sites (N-methyl/N-ethyl adjacent to an activating group) is 1. The summed E-state index contributed by atoms with van der Waals surface area (Å²) < 4.78 is 38.1. The zero-order chi connectivity index (χ0) is 23.8. The van der Waals surface area contributed by atoms with Gasteiger partial charge < -0.3 is 43.8 Å². The number of benzene rings is 1. The van der Waals surface area contributed by atoms with E-state index < -0.39 is 0 Å². The molecule has 10 heteroatoms. The molecule has 1 rings (SSSR count). The van der Waals surface area contributed by atoms with Gasteiger partial charge in [-0.15, -0.1) is 0 Å². The van der Waals surface area contributed by atoms with Gasteiger partial charge in [-0.1, -0.05) is 0 Å². The minimum atomic E-state index is -0.102. The molecular weight excluding hydrogens is 432 g/mol. The molecule has 1 amide bonds. The minimum absolute atomic E-state index is 0.102. The largest absolute Gasteiger partial charge is 0.491 e. The van der Waals surface area contributed by atoms with Crippen LogP contribution < -0.4 is 15.4 Å². The van der Waals surface area contributed by atoms with Gasteiger partial charge in [-0.3, -0.25) is 4.79 Å². The summed E-state index contributed by atoms with van der Waals surface area (Å²) in [5.74, 6) is 0.623. The third-order valence-electron chi connectivity index (χ3n) is 4.03. The van der Waals surface area contributed by atoms with Gasteiger partial charge in [-0.25, -0.2) is 0 Å². The Morgan fingerprint density at radius 3 is 1.42 bits per heavy atom. The first kappa shape index (κ1) is 29.2. The fraction of sp³-hybridized carbons (Fsp3) is 0.696. The van der Waals surface area contributed by atoms with E-state index in [0.717, 1.165) is 18.0 Å². The quantitative estimate of drug-likeness (QED) is 0.228. The van der Waals surface area contributed by atoms with Gasteiger partial charge in [0.2, 0.25) is 5.91 Å². The van der Waals surface area contributed by atoms with E-state index >= 15 is 0 Å². The molecule has 0 atom stereocenters. The lowest BCUT2D eigenvalue weighted by Gasteiger charge is -2.09. The number of anilines is 1. The van der Waals surface area contributed by atoms with Crippen molar-refractivity contribution in [3.8, 4) is 5.75 Å². The van der Waals surface area contributed by atoms with Crippen molar-refractivity contribution in [3.63, 3.8) is 0 Å². The Hall–Kier alpha value is -1.79. The zero-order valence-electron chi connectivity index (χ0n) is 20.0. The van der Waals surface area contributed by atoms with Crippen LogP contribution in [0.5, 0.6) is 5.75 Å². The second-order valence-corrected chi connectivity index (χ2v) is 6.83. The number of carbonyl (C=O) groups excluding carboxylic acids is 1. The molecule has 190 valence electrons. The number of rotatable bonds is 23. The molecular formula is C23H40N2O8. The maximum Gasteiger partial charge on any atom is 0.221 e. The van der Waals surface area contributed by atoms with E-state index in [1.54, 1.807) is 24.3 Å². The van der Waals surface area contributed by atoms with E-state index in [-0.39, 0.29) is 5.91 Å². The van der Waals surface area contributed by atoms with Crippen LogP contribution in [0.15, 0.2) is 24.3 Å². The third-order valence-corrected chi connectivity index (χ3v) is 4.03. The van der Waals surface area contributed by atoms with Gasteiger partial charge >= 0.3 is 0 Å². The number of ether oxygens (including phenoxy) is 7. The van der Waals surface area contributed by atoms with Crippen molar-refractivity contribution in [2.45, 2.75) is 6.92 Å². The SMILES string of the molecule is CNCCOCCOCCOCCOCCOCCOCCOc1ccc(NC(C)=O)cc1. The fourth-order valence-corrected chi connectivity index (χ4v) is 2.43. The highest BCUT2D eigenvalue weighted by molar-refractivity contribution is 5.88. The number of amides is 1. The normalized spacial score (nSPS) is 11.0. The first-order valence-corrected chi connectivity index (χ1v) is 11.3. The van der Waals surface area contributed by atoms with Crippen LogP contribution in [0, 0.1) is 0 Å².